The van der Waals surface area contributed by atoms with Crippen molar-refractivity contribution in [1.82, 2.24) is 15.0 Å². The molecule has 1 aromatic heterocycles. The van der Waals surface area contributed by atoms with Crippen LogP contribution in [0.2, 0.25) is 0 Å². The predicted molar refractivity (Wildman–Crippen MR) is 70.9 cm³/mol. The maximum Gasteiger partial charge on any atom is 0.324 e. The Morgan fingerprint density at radius 1 is 0.950 bits per heavy atom. The zero-order valence-corrected chi connectivity index (χ0v) is 11.2. The third-order valence-electron chi connectivity index (χ3n) is 2.41. The summed E-state index contributed by atoms with van der Waals surface area (Å²) < 4.78 is 14.9. The van der Waals surface area contributed by atoms with Gasteiger partial charge in [-0.1, -0.05) is 0 Å². The molecule has 2 rings (SSSR count). The Kier molecular flexibility index (Phi) is 4.04. The Balaban J connectivity index is 2.29. The van der Waals surface area contributed by atoms with Crippen molar-refractivity contribution in [1.29, 1.82) is 0 Å². The first kappa shape index (κ1) is 13.7. The highest BCUT2D eigenvalue weighted by Gasteiger charge is 2.09. The first-order valence-corrected chi connectivity index (χ1v) is 5.64. The standard InChI is InChI=1S/C12H14N4O4/c1-18-7-4-5-8(9(17)6-7)13-10-14-11(19-2)16-12(15-10)20-3/h4-6,17H,1-3H3,(H,13,14,15,16). The van der Waals surface area contributed by atoms with Gasteiger partial charge in [0.2, 0.25) is 5.95 Å². The van der Waals surface area contributed by atoms with E-state index in [4.69, 9.17) is 14.2 Å². The van der Waals surface area contributed by atoms with Crippen LogP contribution in [0.4, 0.5) is 11.6 Å². The van der Waals surface area contributed by atoms with Gasteiger partial charge in [-0.3, -0.25) is 0 Å². The smallest absolute Gasteiger partial charge is 0.324 e. The fourth-order valence-corrected chi connectivity index (χ4v) is 1.44. The molecule has 0 fully saturated rings. The number of hydrogen-bond donors (Lipinski definition) is 2. The number of rotatable bonds is 5. The zero-order valence-electron chi connectivity index (χ0n) is 11.2. The molecule has 0 amide bonds. The summed E-state index contributed by atoms with van der Waals surface area (Å²) in [5, 5.41) is 12.7. The van der Waals surface area contributed by atoms with Gasteiger partial charge in [-0.15, -0.1) is 4.98 Å². The van der Waals surface area contributed by atoms with E-state index in [1.165, 1.54) is 27.4 Å². The number of benzene rings is 1. The number of nitrogens with one attached hydrogen (secondary N) is 1. The number of phenols is 1. The summed E-state index contributed by atoms with van der Waals surface area (Å²) in [6, 6.07) is 5.01. The number of aromatic hydroxyl groups is 1. The van der Waals surface area contributed by atoms with Crippen molar-refractivity contribution in [3.05, 3.63) is 18.2 Å². The van der Waals surface area contributed by atoms with Gasteiger partial charge in [0.25, 0.3) is 0 Å². The molecule has 0 radical (unpaired) electrons. The molecular weight excluding hydrogens is 264 g/mol. The number of aromatic nitrogens is 3. The molecule has 0 aliphatic rings. The zero-order chi connectivity index (χ0) is 14.5. The molecule has 1 heterocycles. The molecule has 0 aliphatic carbocycles. The molecule has 8 nitrogen and oxygen atoms in total. The van der Waals surface area contributed by atoms with Crippen molar-refractivity contribution in [2.45, 2.75) is 0 Å². The van der Waals surface area contributed by atoms with E-state index in [9.17, 15) is 5.11 Å². The van der Waals surface area contributed by atoms with E-state index < -0.39 is 0 Å². The minimum Gasteiger partial charge on any atom is -0.506 e. The largest absolute Gasteiger partial charge is 0.506 e. The molecule has 0 atom stereocenters. The van der Waals surface area contributed by atoms with Crippen LogP contribution in [0.15, 0.2) is 18.2 Å². The summed E-state index contributed by atoms with van der Waals surface area (Å²) in [6.45, 7) is 0. The Morgan fingerprint density at radius 2 is 1.60 bits per heavy atom. The molecule has 2 aromatic rings. The maximum atomic E-state index is 9.86. The van der Waals surface area contributed by atoms with Crippen LogP contribution < -0.4 is 19.5 Å². The van der Waals surface area contributed by atoms with E-state index in [2.05, 4.69) is 20.3 Å². The molecular formula is C12H14N4O4. The lowest BCUT2D eigenvalue weighted by Crippen LogP contribution is -2.04. The lowest BCUT2D eigenvalue weighted by atomic mass is 10.3. The number of methoxy groups -OCH3 is 3. The molecule has 0 saturated carbocycles. The van der Waals surface area contributed by atoms with Crippen LogP contribution in [-0.4, -0.2) is 41.4 Å². The summed E-state index contributed by atoms with van der Waals surface area (Å²) in [5.74, 6) is 0.732. The highest BCUT2D eigenvalue weighted by atomic mass is 16.5. The number of nitrogens with zero attached hydrogens (tertiary/aromatic N) is 3. The lowest BCUT2D eigenvalue weighted by molar-refractivity contribution is 0.341. The minimum atomic E-state index is 0.00250. The van der Waals surface area contributed by atoms with Crippen LogP contribution in [0.3, 0.4) is 0 Å². The second kappa shape index (κ2) is 5.91. The van der Waals surface area contributed by atoms with Crippen molar-refractivity contribution in [3.63, 3.8) is 0 Å². The van der Waals surface area contributed by atoms with E-state index >= 15 is 0 Å². The number of anilines is 2. The van der Waals surface area contributed by atoms with Crippen LogP contribution >= 0.6 is 0 Å². The van der Waals surface area contributed by atoms with Crippen LogP contribution in [0, 0.1) is 0 Å². The van der Waals surface area contributed by atoms with E-state index in [1.54, 1.807) is 12.1 Å². The third kappa shape index (κ3) is 2.97. The minimum absolute atomic E-state index is 0.00250. The monoisotopic (exact) mass is 278 g/mol. The average Bonchev–Trinajstić information content (AvgIpc) is 2.48. The van der Waals surface area contributed by atoms with Crippen LogP contribution in [0.25, 0.3) is 0 Å². The van der Waals surface area contributed by atoms with Crippen LogP contribution in [-0.2, 0) is 0 Å². The quantitative estimate of drug-likeness (QED) is 0.791. The lowest BCUT2D eigenvalue weighted by Gasteiger charge is -2.09. The van der Waals surface area contributed by atoms with E-state index in [1.807, 2.05) is 0 Å². The molecule has 106 valence electrons. The molecule has 8 heteroatoms. The summed E-state index contributed by atoms with van der Waals surface area (Å²) in [6.07, 6.45) is 0. The van der Waals surface area contributed by atoms with Crippen molar-refractivity contribution in [3.8, 4) is 23.5 Å². The summed E-state index contributed by atoms with van der Waals surface area (Å²) >= 11 is 0. The highest BCUT2D eigenvalue weighted by molar-refractivity contribution is 5.63. The normalized spacial score (nSPS) is 9.95. The molecule has 0 aliphatic heterocycles. The maximum absolute atomic E-state index is 9.86. The predicted octanol–water partition coefficient (Wildman–Crippen LogP) is 1.35. The number of ether oxygens (including phenoxy) is 3. The molecule has 0 bridgehead atoms. The summed E-state index contributed by atoms with van der Waals surface area (Å²) in [5.41, 5.74) is 0.418. The summed E-state index contributed by atoms with van der Waals surface area (Å²) in [4.78, 5) is 11.9. The van der Waals surface area contributed by atoms with Gasteiger partial charge in [-0.25, -0.2) is 0 Å². The first-order valence-electron chi connectivity index (χ1n) is 5.64. The number of hydrogen-bond acceptors (Lipinski definition) is 8. The van der Waals surface area contributed by atoms with Crippen molar-refractivity contribution in [2.75, 3.05) is 26.6 Å². The number of phenolic OH excluding ortho intramolecular Hbond substituents is 1. The van der Waals surface area contributed by atoms with Gasteiger partial charge in [-0.05, 0) is 12.1 Å². The van der Waals surface area contributed by atoms with Gasteiger partial charge in [-0.2, -0.15) is 9.97 Å². The fraction of sp³-hybridized carbons (Fsp3) is 0.250. The summed E-state index contributed by atoms with van der Waals surface area (Å²) in [7, 11) is 4.39. The topological polar surface area (TPSA) is 98.6 Å². The second-order valence-corrected chi connectivity index (χ2v) is 3.64. The van der Waals surface area contributed by atoms with E-state index in [-0.39, 0.29) is 23.7 Å². The molecule has 0 spiro atoms. The Labute approximate surface area is 115 Å². The first-order chi connectivity index (χ1) is 9.66. The average molecular weight is 278 g/mol. The Hall–Kier alpha value is -2.77. The van der Waals surface area contributed by atoms with Crippen LogP contribution in [0.1, 0.15) is 0 Å². The Bertz CT molecular complexity index is 584. The van der Waals surface area contributed by atoms with Gasteiger partial charge >= 0.3 is 12.0 Å². The van der Waals surface area contributed by atoms with Crippen molar-refractivity contribution < 1.29 is 19.3 Å². The van der Waals surface area contributed by atoms with Crippen molar-refractivity contribution >= 4 is 11.6 Å². The highest BCUT2D eigenvalue weighted by Crippen LogP contribution is 2.30. The fourth-order valence-electron chi connectivity index (χ4n) is 1.44. The second-order valence-electron chi connectivity index (χ2n) is 3.64. The van der Waals surface area contributed by atoms with Gasteiger partial charge in [0.1, 0.15) is 11.5 Å². The molecule has 0 saturated heterocycles. The van der Waals surface area contributed by atoms with Gasteiger partial charge < -0.3 is 24.6 Å². The Morgan fingerprint density at radius 3 is 2.10 bits per heavy atom. The van der Waals surface area contributed by atoms with Crippen LogP contribution in [0.5, 0.6) is 23.5 Å². The van der Waals surface area contributed by atoms with E-state index in [0.29, 0.717) is 11.4 Å². The SMILES string of the molecule is COc1ccc(Nc2nc(OC)nc(OC)n2)c(O)c1. The molecule has 20 heavy (non-hydrogen) atoms. The van der Waals surface area contributed by atoms with E-state index in [0.717, 1.165) is 0 Å². The third-order valence-corrected chi connectivity index (χ3v) is 2.41. The van der Waals surface area contributed by atoms with Crippen molar-refractivity contribution in [2.24, 2.45) is 0 Å². The van der Waals surface area contributed by atoms with Gasteiger partial charge in [0.15, 0.2) is 0 Å². The van der Waals surface area contributed by atoms with Gasteiger partial charge in [0, 0.05) is 6.07 Å². The molecule has 2 N–H and O–H groups in total. The molecule has 0 unspecified atom stereocenters. The van der Waals surface area contributed by atoms with Gasteiger partial charge in [0.05, 0.1) is 27.0 Å². The molecule has 1 aromatic carbocycles.